The molecule has 2 fully saturated rings. The van der Waals surface area contributed by atoms with Crippen molar-refractivity contribution in [1.29, 1.82) is 0 Å². The summed E-state index contributed by atoms with van der Waals surface area (Å²) in [6, 6.07) is 14.0. The van der Waals surface area contributed by atoms with Crippen LogP contribution < -0.4 is 20.9 Å². The lowest BCUT2D eigenvalue weighted by atomic mass is 9.75. The minimum absolute atomic E-state index is 0.0530. The van der Waals surface area contributed by atoms with Gasteiger partial charge in [0.15, 0.2) is 0 Å². The van der Waals surface area contributed by atoms with Gasteiger partial charge in [0.1, 0.15) is 5.75 Å². The van der Waals surface area contributed by atoms with Crippen molar-refractivity contribution in [3.63, 3.8) is 0 Å². The van der Waals surface area contributed by atoms with Crippen LogP contribution in [0.4, 0.5) is 0 Å². The topological polar surface area (TPSA) is 82.6 Å². The summed E-state index contributed by atoms with van der Waals surface area (Å²) in [7, 11) is 1.63. The Morgan fingerprint density at radius 2 is 1.86 bits per heavy atom. The molecule has 0 aliphatic carbocycles. The lowest BCUT2D eigenvalue weighted by Crippen LogP contribution is -2.53. The molecule has 2 heterocycles. The molecule has 6 nitrogen and oxygen atoms in total. The summed E-state index contributed by atoms with van der Waals surface area (Å²) in [5.41, 5.74) is 9.93. The first-order valence-electron chi connectivity index (χ1n) is 9.38. The molecule has 2 aromatic rings. The average Bonchev–Trinajstić information content (AvgIpc) is 3.11. The average molecular weight is 446 g/mol. The number of halogens is 1. The van der Waals surface area contributed by atoms with Crippen molar-refractivity contribution in [3.8, 4) is 5.75 Å². The number of hydrogen-bond acceptors (Lipinski definition) is 5. The van der Waals surface area contributed by atoms with E-state index in [0.29, 0.717) is 6.42 Å². The molecule has 4 N–H and O–H groups in total. The highest BCUT2D eigenvalue weighted by Crippen LogP contribution is 2.43. The van der Waals surface area contributed by atoms with Crippen LogP contribution in [-0.4, -0.2) is 24.4 Å². The highest BCUT2D eigenvalue weighted by molar-refractivity contribution is 9.10. The molecule has 148 valence electrons. The summed E-state index contributed by atoms with van der Waals surface area (Å²) < 4.78 is 6.16. The molecule has 2 aliphatic heterocycles. The van der Waals surface area contributed by atoms with Gasteiger partial charge >= 0.3 is 5.97 Å². The molecule has 0 saturated carbocycles. The van der Waals surface area contributed by atoms with Crippen molar-refractivity contribution in [3.05, 3.63) is 63.6 Å². The summed E-state index contributed by atoms with van der Waals surface area (Å²) in [5.74, 6) is -0.548. The zero-order valence-electron chi connectivity index (χ0n) is 15.8. The van der Waals surface area contributed by atoms with Crippen LogP contribution in [0.3, 0.4) is 0 Å². The fraction of sp³-hybridized carbons (Fsp3) is 0.381. The third-order valence-electron chi connectivity index (χ3n) is 5.83. The monoisotopic (exact) mass is 445 g/mol. The van der Waals surface area contributed by atoms with Crippen LogP contribution in [0.5, 0.6) is 5.75 Å². The van der Waals surface area contributed by atoms with E-state index in [9.17, 15) is 9.90 Å². The molecule has 0 bridgehead atoms. The van der Waals surface area contributed by atoms with Gasteiger partial charge in [-0.1, -0.05) is 35.9 Å². The van der Waals surface area contributed by atoms with E-state index >= 15 is 0 Å². The van der Waals surface area contributed by atoms with Gasteiger partial charge in [0, 0.05) is 12.0 Å². The van der Waals surface area contributed by atoms with Crippen molar-refractivity contribution < 1.29 is 14.6 Å². The van der Waals surface area contributed by atoms with E-state index in [1.807, 2.05) is 25.1 Å². The van der Waals surface area contributed by atoms with Crippen LogP contribution in [0.1, 0.15) is 35.2 Å². The Bertz CT molecular complexity index is 874. The largest absolute Gasteiger partial charge is 0.496 e. The molecule has 0 aromatic heterocycles. The lowest BCUT2D eigenvalue weighted by Gasteiger charge is -2.39. The van der Waals surface area contributed by atoms with Gasteiger partial charge in [0.05, 0.1) is 29.7 Å². The zero-order chi connectivity index (χ0) is 19.8. The maximum Gasteiger partial charge on any atom is 0.307 e. The number of fused-ring (bicyclic) bond motifs is 1. The van der Waals surface area contributed by atoms with Crippen molar-refractivity contribution in [2.45, 2.75) is 31.6 Å². The fourth-order valence-corrected chi connectivity index (χ4v) is 4.91. The Hall–Kier alpha value is -1.93. The predicted octanol–water partition coefficient (Wildman–Crippen LogP) is 3.29. The van der Waals surface area contributed by atoms with Crippen molar-refractivity contribution in [2.24, 2.45) is 11.8 Å². The van der Waals surface area contributed by atoms with E-state index in [2.05, 4.69) is 56.4 Å². The molecule has 4 rings (SSSR count). The number of nitrogens with one attached hydrogen (secondary N) is 3. The molecule has 5 unspecified atom stereocenters. The van der Waals surface area contributed by atoms with Gasteiger partial charge in [-0.15, -0.1) is 0 Å². The first kappa shape index (κ1) is 19.4. The quantitative estimate of drug-likeness (QED) is 0.577. The lowest BCUT2D eigenvalue weighted by molar-refractivity contribution is -0.146. The number of rotatable bonds is 4. The van der Waals surface area contributed by atoms with E-state index in [-0.39, 0.29) is 24.2 Å². The third kappa shape index (κ3) is 3.55. The molecule has 2 saturated heterocycles. The molecule has 2 aromatic carbocycles. The summed E-state index contributed by atoms with van der Waals surface area (Å²) in [6.45, 7) is 2.05. The number of aryl methyl sites for hydroxylation is 1. The van der Waals surface area contributed by atoms with Gasteiger partial charge in [-0.05, 0) is 52.5 Å². The molecular formula is C21H24BrN3O3. The minimum Gasteiger partial charge on any atom is -0.496 e. The number of carboxylic acid groups (broad SMARTS) is 1. The van der Waals surface area contributed by atoms with E-state index < -0.39 is 11.9 Å². The number of methoxy groups -OCH3 is 1. The molecule has 7 heteroatoms. The van der Waals surface area contributed by atoms with Gasteiger partial charge in [-0.25, -0.2) is 10.9 Å². The van der Waals surface area contributed by atoms with Gasteiger partial charge in [0.2, 0.25) is 0 Å². The fourth-order valence-electron chi connectivity index (χ4n) is 4.35. The minimum atomic E-state index is -0.753. The number of ether oxygens (including phenoxy) is 1. The second kappa shape index (κ2) is 7.83. The number of piperidine rings is 1. The van der Waals surface area contributed by atoms with Crippen molar-refractivity contribution in [1.82, 2.24) is 16.2 Å². The number of carboxylic acids is 1. The van der Waals surface area contributed by atoms with Crippen LogP contribution in [0.2, 0.25) is 0 Å². The maximum atomic E-state index is 12.2. The van der Waals surface area contributed by atoms with Crippen LogP contribution in [-0.2, 0) is 4.79 Å². The van der Waals surface area contributed by atoms with Gasteiger partial charge in [0.25, 0.3) is 0 Å². The number of hydrazine groups is 1. The van der Waals surface area contributed by atoms with Crippen molar-refractivity contribution >= 4 is 21.9 Å². The van der Waals surface area contributed by atoms with E-state index in [4.69, 9.17) is 4.74 Å². The second-order valence-corrected chi connectivity index (χ2v) is 8.38. The maximum absolute atomic E-state index is 12.2. The van der Waals surface area contributed by atoms with Gasteiger partial charge in [-0.3, -0.25) is 10.1 Å². The Morgan fingerprint density at radius 3 is 2.50 bits per heavy atom. The Balaban J connectivity index is 1.61. The molecule has 28 heavy (non-hydrogen) atoms. The van der Waals surface area contributed by atoms with Crippen molar-refractivity contribution in [2.75, 3.05) is 7.11 Å². The summed E-state index contributed by atoms with van der Waals surface area (Å²) in [6.07, 6.45) is 0.396. The summed E-state index contributed by atoms with van der Waals surface area (Å²) in [5, 5.41) is 13.6. The molecule has 0 spiro atoms. The molecule has 0 amide bonds. The highest BCUT2D eigenvalue weighted by atomic mass is 79.9. The van der Waals surface area contributed by atoms with E-state index in [1.165, 1.54) is 5.56 Å². The van der Waals surface area contributed by atoms with Crippen LogP contribution in [0.15, 0.2) is 46.9 Å². The second-order valence-electron chi connectivity index (χ2n) is 7.53. The van der Waals surface area contributed by atoms with Crippen LogP contribution in [0, 0.1) is 18.8 Å². The van der Waals surface area contributed by atoms with Crippen LogP contribution in [0.25, 0.3) is 0 Å². The molecule has 2 aliphatic rings. The van der Waals surface area contributed by atoms with Gasteiger partial charge < -0.3 is 9.84 Å². The van der Waals surface area contributed by atoms with E-state index in [0.717, 1.165) is 21.3 Å². The van der Waals surface area contributed by atoms with Gasteiger partial charge in [-0.2, -0.15) is 0 Å². The standard InChI is InChI=1S/C21H24BrN3O3/c1-11-3-5-12(6-4-11)19-18-14(21(26)27)10-16(23-20(18)25-24-19)13-7-8-17(28-2)15(22)9-13/h3-9,14,16,18-20,23-25H,10H2,1-2H3,(H,26,27). The first-order chi connectivity index (χ1) is 13.5. The normalized spacial score (nSPS) is 29.3. The Morgan fingerprint density at radius 1 is 1.14 bits per heavy atom. The van der Waals surface area contributed by atoms with E-state index in [1.54, 1.807) is 7.11 Å². The zero-order valence-corrected chi connectivity index (χ0v) is 17.4. The number of aliphatic carboxylic acids is 1. The summed E-state index contributed by atoms with van der Waals surface area (Å²) in [4.78, 5) is 12.2. The summed E-state index contributed by atoms with van der Waals surface area (Å²) >= 11 is 3.52. The number of hydrogen-bond donors (Lipinski definition) is 4. The van der Waals surface area contributed by atoms with Crippen LogP contribution >= 0.6 is 15.9 Å². The third-order valence-corrected chi connectivity index (χ3v) is 6.45. The number of carbonyl (C=O) groups is 1. The SMILES string of the molecule is COc1ccc(C2CC(C(=O)O)C3C(NNC3c3ccc(C)cc3)N2)cc1Br. The Labute approximate surface area is 172 Å². The highest BCUT2D eigenvalue weighted by Gasteiger charge is 2.49. The Kier molecular flexibility index (Phi) is 5.42. The molecule has 0 radical (unpaired) electrons. The predicted molar refractivity (Wildman–Crippen MR) is 110 cm³/mol. The molecular weight excluding hydrogens is 422 g/mol. The first-order valence-corrected chi connectivity index (χ1v) is 10.2. The smallest absolute Gasteiger partial charge is 0.307 e. The molecule has 5 atom stereocenters. The number of benzene rings is 2.